The Morgan fingerprint density at radius 3 is 2.60 bits per heavy atom. The number of carbonyl (C=O) groups is 2. The second kappa shape index (κ2) is 6.37. The van der Waals surface area contributed by atoms with Crippen LogP contribution in [0.1, 0.15) is 11.1 Å². The largest absolute Gasteiger partial charge is 0.507 e. The third-order valence-electron chi connectivity index (χ3n) is 3.64. The number of fused-ring (bicyclic) bond motifs is 2. The van der Waals surface area contributed by atoms with Gasteiger partial charge in [0.05, 0.1) is 12.1 Å². The Hall–Kier alpha value is -3.79. The van der Waals surface area contributed by atoms with E-state index < -0.39 is 18.4 Å². The quantitative estimate of drug-likeness (QED) is 0.493. The van der Waals surface area contributed by atoms with Crippen molar-refractivity contribution in [3.8, 4) is 23.3 Å². The SMILES string of the molecule is N#CC(C(=O)NCC(N)=O)=C1c2ccccc2Oc2cccc(O)c21. The lowest BCUT2D eigenvalue weighted by molar-refractivity contribution is -0.122. The summed E-state index contributed by atoms with van der Waals surface area (Å²) in [5.74, 6) is -0.846. The number of nitrogens with one attached hydrogen (secondary N) is 1. The molecule has 0 saturated heterocycles. The first kappa shape index (κ1) is 16.1. The zero-order valence-electron chi connectivity index (χ0n) is 12.9. The number of amides is 2. The minimum atomic E-state index is -0.762. The average molecular weight is 335 g/mol. The van der Waals surface area contributed by atoms with Crippen molar-refractivity contribution in [3.63, 3.8) is 0 Å². The molecule has 2 aromatic carbocycles. The molecule has 0 spiro atoms. The van der Waals surface area contributed by atoms with Gasteiger partial charge in [0.25, 0.3) is 5.91 Å². The van der Waals surface area contributed by atoms with Crippen molar-refractivity contribution in [1.82, 2.24) is 5.32 Å². The summed E-state index contributed by atoms with van der Waals surface area (Å²) in [6.07, 6.45) is 0. The molecule has 3 rings (SSSR count). The number of primary amides is 1. The van der Waals surface area contributed by atoms with Gasteiger partial charge in [0.15, 0.2) is 0 Å². The van der Waals surface area contributed by atoms with Crippen LogP contribution >= 0.6 is 0 Å². The van der Waals surface area contributed by atoms with Crippen molar-refractivity contribution in [2.75, 3.05) is 6.54 Å². The van der Waals surface area contributed by atoms with Gasteiger partial charge in [-0.1, -0.05) is 24.3 Å². The van der Waals surface area contributed by atoms with Crippen LogP contribution in [-0.4, -0.2) is 23.5 Å². The van der Waals surface area contributed by atoms with E-state index in [9.17, 15) is 20.0 Å². The minimum absolute atomic E-state index is 0.127. The molecule has 2 amide bonds. The Bertz CT molecular complexity index is 957. The number of ether oxygens (including phenoxy) is 1. The second-order valence-corrected chi connectivity index (χ2v) is 5.26. The molecule has 1 heterocycles. The van der Waals surface area contributed by atoms with Crippen molar-refractivity contribution < 1.29 is 19.4 Å². The number of phenolic OH excluding ortho intramolecular Hbond substituents is 1. The van der Waals surface area contributed by atoms with E-state index >= 15 is 0 Å². The van der Waals surface area contributed by atoms with Crippen molar-refractivity contribution in [1.29, 1.82) is 5.26 Å². The lowest BCUT2D eigenvalue weighted by Crippen LogP contribution is -2.34. The molecule has 1 aliphatic heterocycles. The number of nitrogens with zero attached hydrogens (tertiary/aromatic N) is 1. The van der Waals surface area contributed by atoms with Crippen LogP contribution in [0.2, 0.25) is 0 Å². The van der Waals surface area contributed by atoms with E-state index in [4.69, 9.17) is 10.5 Å². The van der Waals surface area contributed by atoms with E-state index in [1.54, 1.807) is 36.4 Å². The number of benzene rings is 2. The zero-order chi connectivity index (χ0) is 18.0. The summed E-state index contributed by atoms with van der Waals surface area (Å²) in [5, 5.41) is 22.1. The fourth-order valence-corrected chi connectivity index (χ4v) is 2.61. The Morgan fingerprint density at radius 2 is 1.88 bits per heavy atom. The maximum absolute atomic E-state index is 12.4. The predicted molar refractivity (Wildman–Crippen MR) is 88.5 cm³/mol. The maximum atomic E-state index is 12.4. The molecule has 0 atom stereocenters. The third kappa shape index (κ3) is 2.88. The van der Waals surface area contributed by atoms with Gasteiger partial charge in [0.1, 0.15) is 28.9 Å². The Kier molecular flexibility index (Phi) is 4.10. The summed E-state index contributed by atoms with van der Waals surface area (Å²) in [7, 11) is 0. The van der Waals surface area contributed by atoms with Crippen LogP contribution in [0.3, 0.4) is 0 Å². The van der Waals surface area contributed by atoms with Crippen molar-refractivity contribution in [2.24, 2.45) is 5.73 Å². The maximum Gasteiger partial charge on any atom is 0.263 e. The number of phenols is 1. The number of carbonyl (C=O) groups excluding carboxylic acids is 2. The fraction of sp³-hybridized carbons (Fsp3) is 0.0556. The molecular formula is C18H13N3O4. The Labute approximate surface area is 142 Å². The topological polar surface area (TPSA) is 125 Å². The van der Waals surface area contributed by atoms with Crippen LogP contribution in [0.15, 0.2) is 48.0 Å². The van der Waals surface area contributed by atoms with E-state index in [1.807, 2.05) is 6.07 Å². The number of para-hydroxylation sites is 1. The summed E-state index contributed by atoms with van der Waals surface area (Å²) < 4.78 is 5.75. The van der Waals surface area contributed by atoms with Gasteiger partial charge in [-0.2, -0.15) is 5.26 Å². The first-order valence-electron chi connectivity index (χ1n) is 7.33. The van der Waals surface area contributed by atoms with Crippen LogP contribution in [0, 0.1) is 11.3 Å². The molecule has 0 aliphatic carbocycles. The highest BCUT2D eigenvalue weighted by Gasteiger charge is 2.29. The lowest BCUT2D eigenvalue weighted by Gasteiger charge is -2.24. The van der Waals surface area contributed by atoms with Crippen LogP contribution in [0.4, 0.5) is 0 Å². The Balaban J connectivity index is 2.25. The molecule has 7 nitrogen and oxygen atoms in total. The normalized spacial score (nSPS) is 13.6. The van der Waals surface area contributed by atoms with E-state index in [-0.39, 0.29) is 22.5 Å². The Morgan fingerprint density at radius 1 is 1.16 bits per heavy atom. The monoisotopic (exact) mass is 335 g/mol. The number of aromatic hydroxyl groups is 1. The van der Waals surface area contributed by atoms with Gasteiger partial charge in [-0.15, -0.1) is 0 Å². The summed E-state index contributed by atoms with van der Waals surface area (Å²) in [5.41, 5.74) is 5.74. The summed E-state index contributed by atoms with van der Waals surface area (Å²) in [6, 6.07) is 13.4. The molecule has 0 fully saturated rings. The van der Waals surface area contributed by atoms with Crippen molar-refractivity contribution in [2.45, 2.75) is 0 Å². The van der Waals surface area contributed by atoms with Crippen LogP contribution in [-0.2, 0) is 9.59 Å². The van der Waals surface area contributed by atoms with E-state index in [0.29, 0.717) is 17.1 Å². The van der Waals surface area contributed by atoms with Crippen molar-refractivity contribution >= 4 is 17.4 Å². The fourth-order valence-electron chi connectivity index (χ4n) is 2.61. The van der Waals surface area contributed by atoms with Gasteiger partial charge in [0, 0.05) is 11.1 Å². The van der Waals surface area contributed by atoms with Gasteiger partial charge < -0.3 is 20.9 Å². The average Bonchev–Trinajstić information content (AvgIpc) is 2.60. The molecule has 25 heavy (non-hydrogen) atoms. The van der Waals surface area contributed by atoms with Crippen LogP contribution in [0.5, 0.6) is 17.2 Å². The molecule has 4 N–H and O–H groups in total. The number of hydrogen-bond acceptors (Lipinski definition) is 5. The molecule has 2 aromatic rings. The third-order valence-corrected chi connectivity index (χ3v) is 3.64. The number of rotatable bonds is 3. The highest BCUT2D eigenvalue weighted by atomic mass is 16.5. The number of nitriles is 1. The molecule has 0 unspecified atom stereocenters. The second-order valence-electron chi connectivity index (χ2n) is 5.26. The summed E-state index contributed by atoms with van der Waals surface area (Å²) in [4.78, 5) is 23.3. The lowest BCUT2D eigenvalue weighted by atomic mass is 9.89. The van der Waals surface area contributed by atoms with Crippen molar-refractivity contribution in [3.05, 3.63) is 59.2 Å². The van der Waals surface area contributed by atoms with Crippen LogP contribution in [0.25, 0.3) is 5.57 Å². The van der Waals surface area contributed by atoms with Gasteiger partial charge >= 0.3 is 0 Å². The first-order chi connectivity index (χ1) is 12.0. The summed E-state index contributed by atoms with van der Waals surface area (Å²) >= 11 is 0. The van der Waals surface area contributed by atoms with Gasteiger partial charge in [-0.3, -0.25) is 9.59 Å². The highest BCUT2D eigenvalue weighted by molar-refractivity contribution is 6.10. The zero-order valence-corrected chi connectivity index (χ0v) is 12.9. The molecule has 0 aromatic heterocycles. The van der Waals surface area contributed by atoms with E-state index in [0.717, 1.165) is 0 Å². The molecular weight excluding hydrogens is 322 g/mol. The standard InChI is InChI=1S/C18H13N3O4/c19-8-11(18(24)21-9-15(20)23)16-10-4-1-2-6-13(10)25-14-7-3-5-12(22)17(14)16/h1-7,22H,9H2,(H2,20,23)(H,21,24). The smallest absolute Gasteiger partial charge is 0.263 e. The van der Waals surface area contributed by atoms with Gasteiger partial charge in [0.2, 0.25) is 5.91 Å². The summed E-state index contributed by atoms with van der Waals surface area (Å²) in [6.45, 7) is -0.400. The first-order valence-corrected chi connectivity index (χ1v) is 7.33. The molecule has 0 radical (unpaired) electrons. The minimum Gasteiger partial charge on any atom is -0.507 e. The molecule has 0 bridgehead atoms. The van der Waals surface area contributed by atoms with Gasteiger partial charge in [-0.05, 0) is 18.2 Å². The van der Waals surface area contributed by atoms with E-state index in [2.05, 4.69) is 5.32 Å². The molecule has 0 saturated carbocycles. The number of nitrogens with two attached hydrogens (primary N) is 1. The van der Waals surface area contributed by atoms with Crippen LogP contribution < -0.4 is 15.8 Å². The van der Waals surface area contributed by atoms with E-state index in [1.165, 1.54) is 6.07 Å². The molecule has 7 heteroatoms. The predicted octanol–water partition coefficient (Wildman–Crippen LogP) is 1.42. The highest BCUT2D eigenvalue weighted by Crippen LogP contribution is 2.48. The van der Waals surface area contributed by atoms with Gasteiger partial charge in [-0.25, -0.2) is 0 Å². The number of hydrogen-bond donors (Lipinski definition) is 3. The molecule has 124 valence electrons. The molecule has 1 aliphatic rings.